The Balaban J connectivity index is 1.68. The van der Waals surface area contributed by atoms with Crippen molar-refractivity contribution in [3.8, 4) is 11.5 Å². The van der Waals surface area contributed by atoms with Gasteiger partial charge in [-0.2, -0.15) is 0 Å². The van der Waals surface area contributed by atoms with Gasteiger partial charge in [0, 0.05) is 11.1 Å². The van der Waals surface area contributed by atoms with E-state index < -0.39 is 0 Å². The number of nitrogens with zero attached hydrogens (tertiary/aromatic N) is 1. The van der Waals surface area contributed by atoms with Gasteiger partial charge in [0.05, 0.1) is 11.8 Å². The predicted molar refractivity (Wildman–Crippen MR) is 113 cm³/mol. The summed E-state index contributed by atoms with van der Waals surface area (Å²) < 4.78 is 10.9. The van der Waals surface area contributed by atoms with Crippen molar-refractivity contribution in [1.29, 1.82) is 0 Å². The van der Waals surface area contributed by atoms with Gasteiger partial charge in [-0.15, -0.1) is 6.58 Å². The van der Waals surface area contributed by atoms with Crippen LogP contribution in [-0.2, 0) is 6.42 Å². The van der Waals surface area contributed by atoms with E-state index in [1.165, 1.54) is 5.56 Å². The minimum atomic E-state index is 0.0910. The molecule has 3 nitrogen and oxygen atoms in total. The number of hydrogen-bond donors (Lipinski definition) is 0. The molecular weight excluding hydrogens is 346 g/mol. The van der Waals surface area contributed by atoms with E-state index in [4.69, 9.17) is 14.5 Å². The van der Waals surface area contributed by atoms with Crippen molar-refractivity contribution in [2.24, 2.45) is 4.99 Å². The van der Waals surface area contributed by atoms with E-state index in [2.05, 4.69) is 43.0 Å². The van der Waals surface area contributed by atoms with Crippen LogP contribution in [0.15, 0.2) is 96.5 Å². The van der Waals surface area contributed by atoms with E-state index in [0.29, 0.717) is 6.79 Å². The average molecular weight is 369 g/mol. The van der Waals surface area contributed by atoms with Crippen molar-refractivity contribution in [2.75, 3.05) is 6.79 Å². The van der Waals surface area contributed by atoms with E-state index in [1.54, 1.807) is 0 Å². The molecule has 1 atom stereocenters. The second-order valence-electron chi connectivity index (χ2n) is 6.78. The summed E-state index contributed by atoms with van der Waals surface area (Å²) in [5.41, 5.74) is 4.43. The van der Waals surface area contributed by atoms with Crippen molar-refractivity contribution in [2.45, 2.75) is 18.9 Å². The molecule has 0 N–H and O–H groups in total. The molecule has 140 valence electrons. The lowest BCUT2D eigenvalue weighted by atomic mass is 9.99. The Hall–Kier alpha value is -3.33. The summed E-state index contributed by atoms with van der Waals surface area (Å²) in [5, 5.41) is 0. The molecule has 0 aromatic heterocycles. The number of rotatable bonds is 7. The van der Waals surface area contributed by atoms with Crippen LogP contribution in [0.3, 0.4) is 0 Å². The molecule has 3 heteroatoms. The lowest BCUT2D eigenvalue weighted by molar-refractivity contribution is 0.174. The molecule has 1 aliphatic heterocycles. The highest BCUT2D eigenvalue weighted by atomic mass is 16.7. The Labute approximate surface area is 166 Å². The summed E-state index contributed by atoms with van der Waals surface area (Å²) >= 11 is 0. The molecular formula is C25H23NO2. The Bertz CT molecular complexity index is 923. The smallest absolute Gasteiger partial charge is 0.231 e. The van der Waals surface area contributed by atoms with Gasteiger partial charge in [-0.25, -0.2) is 0 Å². The molecule has 28 heavy (non-hydrogen) atoms. The normalized spacial score (nSPS) is 13.0. The fourth-order valence-electron chi connectivity index (χ4n) is 3.40. The number of benzene rings is 3. The highest BCUT2D eigenvalue weighted by molar-refractivity contribution is 6.12. The maximum Gasteiger partial charge on any atom is 0.231 e. The van der Waals surface area contributed by atoms with Crippen LogP contribution in [0.5, 0.6) is 11.5 Å². The highest BCUT2D eigenvalue weighted by Crippen LogP contribution is 2.33. The van der Waals surface area contributed by atoms with Crippen molar-refractivity contribution in [1.82, 2.24) is 0 Å². The molecule has 0 aliphatic carbocycles. The van der Waals surface area contributed by atoms with Crippen molar-refractivity contribution < 1.29 is 9.47 Å². The largest absolute Gasteiger partial charge is 0.454 e. The van der Waals surface area contributed by atoms with Crippen molar-refractivity contribution >= 4 is 5.71 Å². The standard InChI is InChI=1S/C25H23NO2/c1-2-9-22(16-19-14-15-23-24(17-19)28-18-27-23)26-25(20-10-5-3-6-11-20)21-12-7-4-8-13-21/h2-8,10-15,17,22H,1,9,16,18H2. The molecule has 0 bridgehead atoms. The topological polar surface area (TPSA) is 30.8 Å². The summed E-state index contributed by atoms with van der Waals surface area (Å²) in [5.74, 6) is 1.62. The van der Waals surface area contributed by atoms with Crippen molar-refractivity contribution in [3.63, 3.8) is 0 Å². The zero-order valence-electron chi connectivity index (χ0n) is 15.8. The maximum absolute atomic E-state index is 5.52. The molecule has 0 spiro atoms. The lowest BCUT2D eigenvalue weighted by Crippen LogP contribution is -2.14. The Morgan fingerprint density at radius 1 is 0.893 bits per heavy atom. The van der Waals surface area contributed by atoms with Crippen molar-refractivity contribution in [3.05, 3.63) is 108 Å². The highest BCUT2D eigenvalue weighted by Gasteiger charge is 2.16. The van der Waals surface area contributed by atoms with Gasteiger partial charge in [-0.3, -0.25) is 4.99 Å². The monoisotopic (exact) mass is 369 g/mol. The fraction of sp³-hybridized carbons (Fsp3) is 0.160. The molecule has 3 aromatic rings. The van der Waals surface area contributed by atoms with Gasteiger partial charge in [-0.05, 0) is 30.5 Å². The van der Waals surface area contributed by atoms with Gasteiger partial charge in [0.25, 0.3) is 0 Å². The number of ether oxygens (including phenoxy) is 2. The molecule has 1 unspecified atom stereocenters. The number of fused-ring (bicyclic) bond motifs is 1. The van der Waals surface area contributed by atoms with Gasteiger partial charge >= 0.3 is 0 Å². The van der Waals surface area contributed by atoms with Gasteiger partial charge in [0.15, 0.2) is 11.5 Å². The Morgan fingerprint density at radius 2 is 1.54 bits per heavy atom. The first-order chi connectivity index (χ1) is 13.8. The van der Waals surface area contributed by atoms with Crippen LogP contribution in [-0.4, -0.2) is 18.5 Å². The first-order valence-electron chi connectivity index (χ1n) is 9.51. The molecule has 0 amide bonds. The third-order valence-electron chi connectivity index (χ3n) is 4.75. The average Bonchev–Trinajstić information content (AvgIpc) is 3.21. The second-order valence-corrected chi connectivity index (χ2v) is 6.78. The number of hydrogen-bond acceptors (Lipinski definition) is 3. The predicted octanol–water partition coefficient (Wildman–Crippen LogP) is 5.44. The Kier molecular flexibility index (Phi) is 5.53. The first kappa shape index (κ1) is 18.1. The fourth-order valence-corrected chi connectivity index (χ4v) is 3.40. The maximum atomic E-state index is 5.52. The van der Waals surface area contributed by atoms with E-state index in [0.717, 1.165) is 41.2 Å². The summed E-state index contributed by atoms with van der Waals surface area (Å²) in [7, 11) is 0. The second kappa shape index (κ2) is 8.57. The molecule has 0 fully saturated rings. The van der Waals surface area contributed by atoms with Crippen LogP contribution in [0.2, 0.25) is 0 Å². The summed E-state index contributed by atoms with van der Waals surface area (Å²) in [6.07, 6.45) is 3.55. The van der Waals surface area contributed by atoms with Gasteiger partial charge in [-0.1, -0.05) is 72.8 Å². The van der Waals surface area contributed by atoms with Gasteiger partial charge in [0.2, 0.25) is 6.79 Å². The van der Waals surface area contributed by atoms with E-state index in [1.807, 2.05) is 48.5 Å². The number of aliphatic imine (C=N–C) groups is 1. The van der Waals surface area contributed by atoms with E-state index in [9.17, 15) is 0 Å². The van der Waals surface area contributed by atoms with Crippen LogP contribution < -0.4 is 9.47 Å². The zero-order chi connectivity index (χ0) is 19.2. The van der Waals surface area contributed by atoms with Gasteiger partial charge < -0.3 is 9.47 Å². The molecule has 0 radical (unpaired) electrons. The van der Waals surface area contributed by atoms with Crippen LogP contribution in [0, 0.1) is 0 Å². The Morgan fingerprint density at radius 3 is 2.18 bits per heavy atom. The molecule has 1 aliphatic rings. The minimum Gasteiger partial charge on any atom is -0.454 e. The quantitative estimate of drug-likeness (QED) is 0.410. The third kappa shape index (κ3) is 4.15. The van der Waals surface area contributed by atoms with Crippen LogP contribution >= 0.6 is 0 Å². The summed E-state index contributed by atoms with van der Waals surface area (Å²) in [4.78, 5) is 5.17. The zero-order valence-corrected chi connectivity index (χ0v) is 15.8. The van der Waals surface area contributed by atoms with Crippen LogP contribution in [0.25, 0.3) is 0 Å². The third-order valence-corrected chi connectivity index (χ3v) is 4.75. The van der Waals surface area contributed by atoms with Crippen LogP contribution in [0.1, 0.15) is 23.1 Å². The lowest BCUT2D eigenvalue weighted by Gasteiger charge is -2.15. The van der Waals surface area contributed by atoms with E-state index in [-0.39, 0.29) is 6.04 Å². The summed E-state index contributed by atoms with van der Waals surface area (Å²) in [6.45, 7) is 4.23. The van der Waals surface area contributed by atoms with Gasteiger partial charge in [0.1, 0.15) is 0 Å². The molecule has 0 saturated heterocycles. The molecule has 1 heterocycles. The first-order valence-corrected chi connectivity index (χ1v) is 9.51. The SMILES string of the molecule is C=CCC(Cc1ccc2c(c1)OCO2)N=C(c1ccccc1)c1ccccc1. The van der Waals surface area contributed by atoms with E-state index >= 15 is 0 Å². The summed E-state index contributed by atoms with van der Waals surface area (Å²) in [6, 6.07) is 26.9. The minimum absolute atomic E-state index is 0.0910. The molecule has 0 saturated carbocycles. The van der Waals surface area contributed by atoms with Crippen LogP contribution in [0.4, 0.5) is 0 Å². The molecule has 4 rings (SSSR count). The molecule has 3 aromatic carbocycles.